The molecule has 0 saturated heterocycles. The van der Waals surface area contributed by atoms with Gasteiger partial charge in [0.2, 0.25) is 5.91 Å². The minimum absolute atomic E-state index is 0.174. The number of fused-ring (bicyclic) bond motifs is 1. The zero-order valence-electron chi connectivity index (χ0n) is 14.1. The first-order chi connectivity index (χ1) is 12.5. The van der Waals surface area contributed by atoms with Crippen molar-refractivity contribution in [1.82, 2.24) is 5.32 Å². The second kappa shape index (κ2) is 7.89. The van der Waals surface area contributed by atoms with Crippen LogP contribution in [0.3, 0.4) is 0 Å². The molecule has 0 atom stereocenters. The number of ether oxygens (including phenoxy) is 1. The smallest absolute Gasteiger partial charge is 0.251 e. The maximum atomic E-state index is 12.1. The molecule has 0 saturated carbocycles. The minimum Gasteiger partial charge on any atom is -0.488 e. The molecule has 1 aliphatic rings. The van der Waals surface area contributed by atoms with Gasteiger partial charge in [-0.1, -0.05) is 17.7 Å². The number of anilines is 1. The summed E-state index contributed by atoms with van der Waals surface area (Å²) in [5.41, 5.74) is 2.89. The fraction of sp³-hybridized carbons (Fsp3) is 0.100. The molecule has 0 radical (unpaired) electrons. The summed E-state index contributed by atoms with van der Waals surface area (Å²) in [5.74, 6) is 0.329. The van der Waals surface area contributed by atoms with Crippen molar-refractivity contribution < 1.29 is 14.3 Å². The van der Waals surface area contributed by atoms with Gasteiger partial charge in [-0.05, 0) is 54.1 Å². The van der Waals surface area contributed by atoms with E-state index in [9.17, 15) is 9.59 Å². The Labute approximate surface area is 156 Å². The Hall–Kier alpha value is -3.05. The lowest BCUT2D eigenvalue weighted by atomic mass is 10.1. The molecule has 0 unspecified atom stereocenters. The summed E-state index contributed by atoms with van der Waals surface area (Å²) in [5, 5.41) is 5.92. The zero-order valence-corrected chi connectivity index (χ0v) is 14.8. The first kappa shape index (κ1) is 17.8. The van der Waals surface area contributed by atoms with E-state index in [1.165, 1.54) is 6.08 Å². The standard InChI is InChI=1S/C20H17ClN2O3/c1-22-20(25)14-3-6-17(7-4-14)23-19(24)9-2-13-10-15-11-16(21)5-8-18(15)26-12-13/h2-11H,12H2,1H3,(H,22,25)(H,23,24)/b9-2+. The van der Waals surface area contributed by atoms with Crippen molar-refractivity contribution in [2.75, 3.05) is 19.0 Å². The summed E-state index contributed by atoms with van der Waals surface area (Å²) >= 11 is 5.99. The summed E-state index contributed by atoms with van der Waals surface area (Å²) < 4.78 is 5.64. The van der Waals surface area contributed by atoms with Gasteiger partial charge in [0.05, 0.1) is 0 Å². The Morgan fingerprint density at radius 3 is 2.65 bits per heavy atom. The Balaban J connectivity index is 1.64. The second-order valence-corrected chi connectivity index (χ2v) is 6.11. The largest absolute Gasteiger partial charge is 0.488 e. The summed E-state index contributed by atoms with van der Waals surface area (Å²) in [7, 11) is 1.57. The molecule has 2 N–H and O–H groups in total. The maximum Gasteiger partial charge on any atom is 0.251 e. The van der Waals surface area contributed by atoms with Crippen LogP contribution in [-0.4, -0.2) is 25.5 Å². The van der Waals surface area contributed by atoms with E-state index < -0.39 is 0 Å². The Morgan fingerprint density at radius 1 is 1.15 bits per heavy atom. The van der Waals surface area contributed by atoms with Crippen molar-refractivity contribution in [3.8, 4) is 5.75 Å². The van der Waals surface area contributed by atoms with Gasteiger partial charge in [-0.2, -0.15) is 0 Å². The number of hydrogen-bond acceptors (Lipinski definition) is 3. The van der Waals surface area contributed by atoms with Crippen LogP contribution >= 0.6 is 11.6 Å². The van der Waals surface area contributed by atoms with Crippen molar-refractivity contribution in [2.45, 2.75) is 0 Å². The van der Waals surface area contributed by atoms with Gasteiger partial charge >= 0.3 is 0 Å². The number of hydrogen-bond donors (Lipinski definition) is 2. The third kappa shape index (κ3) is 4.32. The number of amides is 2. The highest BCUT2D eigenvalue weighted by atomic mass is 35.5. The Bertz CT molecular complexity index is 902. The molecule has 3 rings (SSSR count). The van der Waals surface area contributed by atoms with E-state index in [1.807, 2.05) is 18.2 Å². The first-order valence-corrected chi connectivity index (χ1v) is 8.37. The number of rotatable bonds is 4. The van der Waals surface area contributed by atoms with Gasteiger partial charge in [-0.15, -0.1) is 0 Å². The lowest BCUT2D eigenvalue weighted by Gasteiger charge is -2.16. The van der Waals surface area contributed by atoms with E-state index in [0.717, 1.165) is 16.9 Å². The highest BCUT2D eigenvalue weighted by Crippen LogP contribution is 2.29. The van der Waals surface area contributed by atoms with Crippen LogP contribution in [0, 0.1) is 0 Å². The summed E-state index contributed by atoms with van der Waals surface area (Å²) in [4.78, 5) is 23.6. The van der Waals surface area contributed by atoms with Crippen molar-refractivity contribution in [2.24, 2.45) is 0 Å². The van der Waals surface area contributed by atoms with E-state index in [-0.39, 0.29) is 11.8 Å². The van der Waals surface area contributed by atoms with E-state index in [4.69, 9.17) is 16.3 Å². The molecule has 1 aliphatic heterocycles. The molecule has 26 heavy (non-hydrogen) atoms. The molecule has 2 aromatic rings. The maximum absolute atomic E-state index is 12.1. The number of carbonyl (C=O) groups is 2. The molecule has 0 aromatic heterocycles. The van der Waals surface area contributed by atoms with Crippen molar-refractivity contribution in [3.05, 3.63) is 76.3 Å². The highest BCUT2D eigenvalue weighted by molar-refractivity contribution is 6.30. The van der Waals surface area contributed by atoms with E-state index in [0.29, 0.717) is 22.9 Å². The topological polar surface area (TPSA) is 67.4 Å². The number of nitrogens with one attached hydrogen (secondary N) is 2. The van der Waals surface area contributed by atoms with Crippen LogP contribution in [0.25, 0.3) is 6.08 Å². The van der Waals surface area contributed by atoms with Crippen molar-refractivity contribution in [1.29, 1.82) is 0 Å². The summed E-state index contributed by atoms with van der Waals surface area (Å²) in [6, 6.07) is 12.1. The van der Waals surface area contributed by atoms with Gasteiger partial charge < -0.3 is 15.4 Å². The van der Waals surface area contributed by atoms with Crippen molar-refractivity contribution in [3.63, 3.8) is 0 Å². The van der Waals surface area contributed by atoms with Crippen LogP contribution < -0.4 is 15.4 Å². The van der Waals surface area contributed by atoms with Gasteiger partial charge in [0.15, 0.2) is 0 Å². The molecule has 0 spiro atoms. The van der Waals surface area contributed by atoms with Crippen LogP contribution in [0.4, 0.5) is 5.69 Å². The monoisotopic (exact) mass is 368 g/mol. The average molecular weight is 369 g/mol. The second-order valence-electron chi connectivity index (χ2n) is 5.67. The Kier molecular flexibility index (Phi) is 5.39. The van der Waals surface area contributed by atoms with E-state index in [2.05, 4.69) is 10.6 Å². The van der Waals surface area contributed by atoms with Crippen molar-refractivity contribution >= 4 is 35.2 Å². The van der Waals surface area contributed by atoms with Crippen LogP contribution in [0.1, 0.15) is 15.9 Å². The molecule has 2 aromatic carbocycles. The zero-order chi connectivity index (χ0) is 18.5. The molecule has 132 valence electrons. The van der Waals surface area contributed by atoms with Gasteiger partial charge in [-0.25, -0.2) is 0 Å². The van der Waals surface area contributed by atoms with Gasteiger partial charge in [0.1, 0.15) is 12.4 Å². The third-order valence-electron chi connectivity index (χ3n) is 3.80. The predicted molar refractivity (Wildman–Crippen MR) is 103 cm³/mol. The quantitative estimate of drug-likeness (QED) is 0.809. The van der Waals surface area contributed by atoms with Gasteiger partial charge in [0.25, 0.3) is 5.91 Å². The number of benzene rings is 2. The number of halogens is 1. The molecular formula is C20H17ClN2O3. The molecule has 6 heteroatoms. The fourth-order valence-electron chi connectivity index (χ4n) is 2.48. The molecular weight excluding hydrogens is 352 g/mol. The lowest BCUT2D eigenvalue weighted by Crippen LogP contribution is -2.17. The molecule has 2 amide bonds. The van der Waals surface area contributed by atoms with Crippen LogP contribution in [0.15, 0.2) is 60.2 Å². The third-order valence-corrected chi connectivity index (χ3v) is 4.03. The molecule has 1 heterocycles. The summed E-state index contributed by atoms with van der Waals surface area (Å²) in [6.07, 6.45) is 5.09. The van der Waals surface area contributed by atoms with E-state index in [1.54, 1.807) is 43.5 Å². The predicted octanol–water partition coefficient (Wildman–Crippen LogP) is 3.67. The number of carbonyl (C=O) groups excluding carboxylic acids is 2. The minimum atomic E-state index is -0.268. The molecule has 5 nitrogen and oxygen atoms in total. The fourth-order valence-corrected chi connectivity index (χ4v) is 2.66. The SMILES string of the molecule is CNC(=O)c1ccc(NC(=O)/C=C/C2=Cc3cc(Cl)ccc3OC2)cc1. The van der Waals surface area contributed by atoms with Gasteiger partial charge in [0, 0.05) is 35.0 Å². The lowest BCUT2D eigenvalue weighted by molar-refractivity contribution is -0.111. The van der Waals surface area contributed by atoms with Gasteiger partial charge in [-0.3, -0.25) is 9.59 Å². The average Bonchev–Trinajstić information content (AvgIpc) is 2.66. The molecule has 0 aliphatic carbocycles. The highest BCUT2D eigenvalue weighted by Gasteiger charge is 2.10. The summed E-state index contributed by atoms with van der Waals surface area (Å²) in [6.45, 7) is 0.388. The van der Waals surface area contributed by atoms with Crippen LogP contribution in [-0.2, 0) is 4.79 Å². The van der Waals surface area contributed by atoms with Crippen LogP contribution in [0.2, 0.25) is 5.02 Å². The van der Waals surface area contributed by atoms with E-state index >= 15 is 0 Å². The van der Waals surface area contributed by atoms with Crippen LogP contribution in [0.5, 0.6) is 5.75 Å². The Morgan fingerprint density at radius 2 is 1.92 bits per heavy atom. The normalized spacial score (nSPS) is 12.8. The molecule has 0 bridgehead atoms. The molecule has 0 fully saturated rings. The first-order valence-electron chi connectivity index (χ1n) is 7.99.